The maximum absolute atomic E-state index is 13.0. The molecule has 0 radical (unpaired) electrons. The van der Waals surface area contributed by atoms with Crippen LogP contribution in [0.2, 0.25) is 0 Å². The molecule has 2 fully saturated rings. The minimum absolute atomic E-state index is 0.111. The van der Waals surface area contributed by atoms with Crippen molar-refractivity contribution in [1.82, 2.24) is 4.98 Å². The van der Waals surface area contributed by atoms with Gasteiger partial charge in [-0.3, -0.25) is 0 Å². The van der Waals surface area contributed by atoms with E-state index in [2.05, 4.69) is 4.98 Å². The number of hydrogen-bond acceptors (Lipinski definition) is 2. The zero-order chi connectivity index (χ0) is 13.5. The van der Waals surface area contributed by atoms with Gasteiger partial charge in [0.25, 0.3) is 0 Å². The van der Waals surface area contributed by atoms with Crippen molar-refractivity contribution in [2.24, 2.45) is 11.8 Å². The average Bonchev–Trinajstić information content (AvgIpc) is 3.22. The average molecular weight is 270 g/mol. The predicted octanol–water partition coefficient (Wildman–Crippen LogP) is 3.73. The lowest BCUT2D eigenvalue weighted by Crippen LogP contribution is -2.38. The number of nitrogens with zero attached hydrogens (tertiary/aromatic N) is 2. The minimum atomic E-state index is -4.32. The fraction of sp³-hybridized carbons (Fsp3) is 0.643. The molecule has 0 bridgehead atoms. The van der Waals surface area contributed by atoms with Crippen LogP contribution in [0, 0.1) is 11.8 Å². The first-order valence-corrected chi connectivity index (χ1v) is 6.83. The standard InChI is InChI=1S/C14H17F3N2/c15-14(16,17)12-4-1-7-18-13(12)19-8-2-3-11(9-19)10-5-6-10/h1,4,7,10-11H,2-3,5-6,8-9H2/t11-/m0/s1. The Labute approximate surface area is 110 Å². The summed E-state index contributed by atoms with van der Waals surface area (Å²) >= 11 is 0. The summed E-state index contributed by atoms with van der Waals surface area (Å²) in [5.41, 5.74) is -0.605. The highest BCUT2D eigenvalue weighted by atomic mass is 19.4. The van der Waals surface area contributed by atoms with Crippen LogP contribution < -0.4 is 4.90 Å². The molecule has 1 aliphatic carbocycles. The van der Waals surface area contributed by atoms with E-state index < -0.39 is 11.7 Å². The largest absolute Gasteiger partial charge is 0.419 e. The fourth-order valence-electron chi connectivity index (χ4n) is 3.02. The van der Waals surface area contributed by atoms with Gasteiger partial charge in [0, 0.05) is 19.3 Å². The predicted molar refractivity (Wildman–Crippen MR) is 66.9 cm³/mol. The van der Waals surface area contributed by atoms with Crippen molar-refractivity contribution in [2.45, 2.75) is 31.9 Å². The second-order valence-corrected chi connectivity index (χ2v) is 5.56. The zero-order valence-electron chi connectivity index (χ0n) is 10.7. The summed E-state index contributed by atoms with van der Waals surface area (Å²) in [6.07, 6.45) is 1.73. The lowest BCUT2D eigenvalue weighted by Gasteiger charge is -2.35. The third-order valence-electron chi connectivity index (χ3n) is 4.14. The van der Waals surface area contributed by atoms with Gasteiger partial charge in [-0.25, -0.2) is 4.98 Å². The van der Waals surface area contributed by atoms with E-state index in [1.54, 1.807) is 0 Å². The summed E-state index contributed by atoms with van der Waals surface area (Å²) < 4.78 is 39.0. The second-order valence-electron chi connectivity index (χ2n) is 5.56. The Kier molecular flexibility index (Phi) is 3.15. The van der Waals surface area contributed by atoms with Crippen molar-refractivity contribution in [1.29, 1.82) is 0 Å². The number of aromatic nitrogens is 1. The SMILES string of the molecule is FC(F)(F)c1cccnc1N1CCC[C@H](C2CC2)C1. The Hall–Kier alpha value is -1.26. The summed E-state index contributed by atoms with van der Waals surface area (Å²) in [4.78, 5) is 5.82. The molecule has 1 aliphatic heterocycles. The first kappa shape index (κ1) is 12.8. The number of halogens is 3. The molecule has 2 aliphatic rings. The van der Waals surface area contributed by atoms with Gasteiger partial charge in [0.05, 0.1) is 5.56 Å². The Bertz CT molecular complexity index is 454. The number of anilines is 1. The first-order valence-electron chi connectivity index (χ1n) is 6.83. The first-order chi connectivity index (χ1) is 9.05. The molecule has 3 rings (SSSR count). The Balaban J connectivity index is 1.84. The molecule has 2 nitrogen and oxygen atoms in total. The van der Waals surface area contributed by atoms with Crippen molar-refractivity contribution in [3.8, 4) is 0 Å². The van der Waals surface area contributed by atoms with Gasteiger partial charge in [-0.15, -0.1) is 0 Å². The molecule has 104 valence electrons. The lowest BCUT2D eigenvalue weighted by atomic mass is 9.93. The van der Waals surface area contributed by atoms with Crippen LogP contribution in [0.3, 0.4) is 0 Å². The van der Waals surface area contributed by atoms with Crippen molar-refractivity contribution in [3.05, 3.63) is 23.9 Å². The summed E-state index contributed by atoms with van der Waals surface area (Å²) in [5, 5.41) is 0. The summed E-state index contributed by atoms with van der Waals surface area (Å²) in [7, 11) is 0. The molecule has 1 atom stereocenters. The number of alkyl halides is 3. The van der Waals surface area contributed by atoms with Crippen LogP contribution in [0.15, 0.2) is 18.3 Å². The summed E-state index contributed by atoms with van der Waals surface area (Å²) in [6, 6.07) is 2.48. The smallest absolute Gasteiger partial charge is 0.356 e. The number of pyridine rings is 1. The molecule has 19 heavy (non-hydrogen) atoms. The lowest BCUT2D eigenvalue weighted by molar-refractivity contribution is -0.137. The van der Waals surface area contributed by atoms with E-state index in [4.69, 9.17) is 0 Å². The maximum Gasteiger partial charge on any atom is 0.419 e. The number of rotatable bonds is 2. The van der Waals surface area contributed by atoms with Gasteiger partial charge >= 0.3 is 6.18 Å². The Morgan fingerprint density at radius 2 is 1.95 bits per heavy atom. The van der Waals surface area contributed by atoms with Crippen LogP contribution in [0.4, 0.5) is 19.0 Å². The number of hydrogen-bond donors (Lipinski definition) is 0. The maximum atomic E-state index is 13.0. The van der Waals surface area contributed by atoms with E-state index >= 15 is 0 Å². The van der Waals surface area contributed by atoms with Crippen LogP contribution in [-0.2, 0) is 6.18 Å². The molecule has 0 amide bonds. The van der Waals surface area contributed by atoms with Crippen molar-refractivity contribution in [3.63, 3.8) is 0 Å². The molecule has 1 aromatic rings. The van der Waals surface area contributed by atoms with E-state index in [1.807, 2.05) is 4.90 Å². The van der Waals surface area contributed by atoms with E-state index in [9.17, 15) is 13.2 Å². The Morgan fingerprint density at radius 3 is 2.63 bits per heavy atom. The van der Waals surface area contributed by atoms with Gasteiger partial charge < -0.3 is 4.90 Å². The number of piperidine rings is 1. The highest BCUT2D eigenvalue weighted by molar-refractivity contribution is 5.48. The highest BCUT2D eigenvalue weighted by Gasteiger charge is 2.39. The van der Waals surface area contributed by atoms with Gasteiger partial charge in [-0.2, -0.15) is 13.2 Å². The van der Waals surface area contributed by atoms with E-state index in [-0.39, 0.29) is 5.82 Å². The summed E-state index contributed by atoms with van der Waals surface area (Å²) in [6.45, 7) is 1.41. The Morgan fingerprint density at radius 1 is 1.16 bits per heavy atom. The minimum Gasteiger partial charge on any atom is -0.356 e. The quantitative estimate of drug-likeness (QED) is 0.814. The van der Waals surface area contributed by atoms with Crippen molar-refractivity contribution >= 4 is 5.82 Å². The van der Waals surface area contributed by atoms with Gasteiger partial charge in [-0.05, 0) is 49.7 Å². The third-order valence-corrected chi connectivity index (χ3v) is 4.14. The van der Waals surface area contributed by atoms with Gasteiger partial charge in [0.15, 0.2) is 0 Å². The zero-order valence-corrected chi connectivity index (χ0v) is 10.7. The molecular weight excluding hydrogens is 253 g/mol. The van der Waals surface area contributed by atoms with Crippen LogP contribution in [0.25, 0.3) is 0 Å². The molecule has 1 saturated heterocycles. The molecular formula is C14H17F3N2. The van der Waals surface area contributed by atoms with E-state index in [0.717, 1.165) is 31.4 Å². The molecule has 1 saturated carbocycles. The van der Waals surface area contributed by atoms with Crippen molar-refractivity contribution < 1.29 is 13.2 Å². The molecule has 0 spiro atoms. The van der Waals surface area contributed by atoms with Crippen LogP contribution >= 0.6 is 0 Å². The van der Waals surface area contributed by atoms with Gasteiger partial charge in [0.2, 0.25) is 0 Å². The molecule has 0 aromatic carbocycles. The van der Waals surface area contributed by atoms with Crippen LogP contribution in [-0.4, -0.2) is 18.1 Å². The molecule has 0 unspecified atom stereocenters. The van der Waals surface area contributed by atoms with Crippen molar-refractivity contribution in [2.75, 3.05) is 18.0 Å². The normalized spacial score (nSPS) is 24.6. The van der Waals surface area contributed by atoms with Gasteiger partial charge in [0.1, 0.15) is 5.82 Å². The van der Waals surface area contributed by atoms with Crippen LogP contribution in [0.5, 0.6) is 0 Å². The molecule has 0 N–H and O–H groups in total. The molecule has 2 heterocycles. The third kappa shape index (κ3) is 2.69. The topological polar surface area (TPSA) is 16.1 Å². The second kappa shape index (κ2) is 4.69. The molecule has 1 aromatic heterocycles. The highest BCUT2D eigenvalue weighted by Crippen LogP contribution is 2.43. The van der Waals surface area contributed by atoms with Crippen LogP contribution in [0.1, 0.15) is 31.2 Å². The van der Waals surface area contributed by atoms with Gasteiger partial charge in [-0.1, -0.05) is 0 Å². The summed E-state index contributed by atoms with van der Waals surface area (Å²) in [5.74, 6) is 1.40. The monoisotopic (exact) mass is 270 g/mol. The van der Waals surface area contributed by atoms with E-state index in [1.165, 1.54) is 25.1 Å². The fourth-order valence-corrected chi connectivity index (χ4v) is 3.02. The molecule has 5 heteroatoms. The van der Waals surface area contributed by atoms with E-state index in [0.29, 0.717) is 12.5 Å².